The molecule has 1 fully saturated rings. The molecule has 10 nitrogen and oxygen atoms in total. The molecule has 1 saturated heterocycles. The third-order valence-electron chi connectivity index (χ3n) is 8.91. The first-order chi connectivity index (χ1) is 22.8. The van der Waals surface area contributed by atoms with Crippen molar-refractivity contribution in [3.8, 4) is 11.5 Å². The number of hydrogen-bond donors (Lipinski definition) is 0. The van der Waals surface area contributed by atoms with Gasteiger partial charge < -0.3 is 19.3 Å². The fourth-order valence-corrected chi connectivity index (χ4v) is 6.00. The van der Waals surface area contributed by atoms with Gasteiger partial charge in [0, 0.05) is 81.1 Å². The van der Waals surface area contributed by atoms with E-state index in [1.165, 1.54) is 5.69 Å². The molecule has 0 N–H and O–H groups in total. The van der Waals surface area contributed by atoms with E-state index in [0.717, 1.165) is 48.4 Å². The van der Waals surface area contributed by atoms with E-state index in [9.17, 15) is 9.59 Å². The molecule has 0 spiro atoms. The Morgan fingerprint density at radius 1 is 0.830 bits per heavy atom. The lowest BCUT2D eigenvalue weighted by atomic mass is 10.0. The summed E-state index contributed by atoms with van der Waals surface area (Å²) < 4.78 is 11.0. The number of piperazine rings is 1. The molecular weight excluding hydrogens is 592 g/mol. The number of anilines is 3. The van der Waals surface area contributed by atoms with E-state index in [-0.39, 0.29) is 11.8 Å². The molecule has 0 aliphatic carbocycles. The number of urea groups is 1. The number of ketones is 1. The van der Waals surface area contributed by atoms with Crippen molar-refractivity contribution in [3.05, 3.63) is 101 Å². The largest absolute Gasteiger partial charge is 0.497 e. The van der Waals surface area contributed by atoms with Crippen LogP contribution in [0.4, 0.5) is 22.0 Å². The van der Waals surface area contributed by atoms with Gasteiger partial charge in [0.1, 0.15) is 28.9 Å². The third-order valence-corrected chi connectivity index (χ3v) is 8.91. The van der Waals surface area contributed by atoms with Crippen LogP contribution in [-0.4, -0.2) is 74.1 Å². The van der Waals surface area contributed by atoms with Gasteiger partial charge in [0.05, 0.1) is 33.0 Å². The van der Waals surface area contributed by atoms with Crippen LogP contribution in [0.25, 0.3) is 0 Å². The Balaban J connectivity index is 1.29. The Bertz CT molecular complexity index is 1700. The number of aromatic nitrogens is 2. The number of fused-ring (bicyclic) bond motifs is 1. The van der Waals surface area contributed by atoms with Crippen molar-refractivity contribution in [1.29, 1.82) is 0 Å². The zero-order chi connectivity index (χ0) is 32.9. The van der Waals surface area contributed by atoms with Crippen LogP contribution in [0.2, 0.25) is 0 Å². The lowest BCUT2D eigenvalue weighted by Crippen LogP contribution is -2.47. The van der Waals surface area contributed by atoms with Crippen LogP contribution in [0.3, 0.4) is 0 Å². The van der Waals surface area contributed by atoms with E-state index in [4.69, 9.17) is 19.4 Å². The van der Waals surface area contributed by atoms with Gasteiger partial charge in [0.25, 0.3) is 0 Å². The lowest BCUT2D eigenvalue weighted by Gasteiger charge is -2.36. The maximum absolute atomic E-state index is 14.3. The number of amides is 2. The molecule has 6 rings (SSSR count). The Kier molecular flexibility index (Phi) is 9.68. The standard InChI is InChI=1S/C37H42N6O4/c1-5-32(44)18-26-6-8-28(9-7-26)24-43-36-29(25-42(37(43)45)31-20-33(46-3)22-34(21-31)47-4)23-38-35(39-36)19-27-10-12-30(13-11-27)41-16-14-40(2)15-17-41/h6-13,20-23H,5,14-19,24-25H2,1-4H3. The average molecular weight is 635 g/mol. The average Bonchev–Trinajstić information content (AvgIpc) is 3.10. The van der Waals surface area contributed by atoms with Crippen LogP contribution in [0.5, 0.6) is 11.5 Å². The molecule has 4 aromatic rings. The second kappa shape index (κ2) is 14.2. The molecule has 2 aliphatic heterocycles. The Morgan fingerprint density at radius 3 is 2.11 bits per heavy atom. The first kappa shape index (κ1) is 32.0. The molecule has 2 aliphatic rings. The van der Waals surface area contributed by atoms with Gasteiger partial charge in [-0.15, -0.1) is 0 Å². The van der Waals surface area contributed by atoms with E-state index >= 15 is 0 Å². The van der Waals surface area contributed by atoms with Gasteiger partial charge in [-0.1, -0.05) is 43.3 Å². The van der Waals surface area contributed by atoms with Gasteiger partial charge >= 0.3 is 6.03 Å². The van der Waals surface area contributed by atoms with E-state index in [1.54, 1.807) is 30.1 Å². The number of rotatable bonds is 11. The predicted molar refractivity (Wildman–Crippen MR) is 184 cm³/mol. The SMILES string of the molecule is CCC(=O)Cc1ccc(CN2C(=O)N(c3cc(OC)cc(OC)c3)Cc3cnc(Cc4ccc(N5CCN(C)CC5)cc4)nc32)cc1. The highest BCUT2D eigenvalue weighted by Gasteiger charge is 2.34. The summed E-state index contributed by atoms with van der Waals surface area (Å²) in [5.74, 6) is 2.63. The number of methoxy groups -OCH3 is 2. The topological polar surface area (TPSA) is 91.3 Å². The Morgan fingerprint density at radius 2 is 1.47 bits per heavy atom. The number of likely N-dealkylation sites (N-methyl/N-ethyl adjacent to an activating group) is 1. The molecule has 47 heavy (non-hydrogen) atoms. The quantitative estimate of drug-likeness (QED) is 0.214. The summed E-state index contributed by atoms with van der Waals surface area (Å²) in [7, 11) is 5.34. The number of carbonyl (C=O) groups excluding carboxylic acids is 2. The van der Waals surface area contributed by atoms with Crippen LogP contribution in [0.1, 0.15) is 41.4 Å². The summed E-state index contributed by atoms with van der Waals surface area (Å²) in [5, 5.41) is 0. The van der Waals surface area contributed by atoms with Crippen LogP contribution in [0, 0.1) is 0 Å². The summed E-state index contributed by atoms with van der Waals surface area (Å²) in [6, 6.07) is 21.7. The van der Waals surface area contributed by atoms with Crippen LogP contribution < -0.4 is 24.2 Å². The predicted octanol–water partition coefficient (Wildman–Crippen LogP) is 5.50. The van der Waals surface area contributed by atoms with E-state index in [0.29, 0.717) is 61.2 Å². The monoisotopic (exact) mass is 634 g/mol. The van der Waals surface area contributed by atoms with Gasteiger partial charge in [-0.25, -0.2) is 14.8 Å². The normalized spacial score (nSPS) is 15.1. The molecule has 0 atom stereocenters. The molecular formula is C37H42N6O4. The maximum atomic E-state index is 14.3. The number of ether oxygens (including phenoxy) is 2. The van der Waals surface area contributed by atoms with Crippen LogP contribution in [0.15, 0.2) is 72.9 Å². The Hall–Kier alpha value is -4.96. The minimum Gasteiger partial charge on any atom is -0.497 e. The molecule has 0 bridgehead atoms. The zero-order valence-corrected chi connectivity index (χ0v) is 27.6. The van der Waals surface area contributed by atoms with Crippen molar-refractivity contribution in [2.45, 2.75) is 39.3 Å². The molecule has 244 valence electrons. The van der Waals surface area contributed by atoms with Crippen molar-refractivity contribution < 1.29 is 19.1 Å². The third kappa shape index (κ3) is 7.38. The van der Waals surface area contributed by atoms with Gasteiger partial charge in [-0.3, -0.25) is 14.6 Å². The lowest BCUT2D eigenvalue weighted by molar-refractivity contribution is -0.118. The highest BCUT2D eigenvalue weighted by Crippen LogP contribution is 2.35. The number of nitrogens with zero attached hydrogens (tertiary/aromatic N) is 6. The molecule has 3 heterocycles. The van der Waals surface area contributed by atoms with Crippen LogP contribution in [-0.2, 0) is 30.7 Å². The molecule has 0 saturated carbocycles. The molecule has 0 radical (unpaired) electrons. The molecule has 2 amide bonds. The zero-order valence-electron chi connectivity index (χ0n) is 27.6. The fraction of sp³-hybridized carbons (Fsp3) is 0.351. The van der Waals surface area contributed by atoms with Crippen molar-refractivity contribution in [1.82, 2.24) is 14.9 Å². The van der Waals surface area contributed by atoms with Crippen molar-refractivity contribution in [2.75, 3.05) is 62.1 Å². The molecule has 0 unspecified atom stereocenters. The van der Waals surface area contributed by atoms with Crippen molar-refractivity contribution >= 4 is 29.0 Å². The first-order valence-electron chi connectivity index (χ1n) is 16.1. The highest BCUT2D eigenvalue weighted by molar-refractivity contribution is 6.05. The van der Waals surface area contributed by atoms with Crippen molar-refractivity contribution in [2.24, 2.45) is 0 Å². The summed E-state index contributed by atoms with van der Waals surface area (Å²) in [5.41, 5.74) is 5.72. The minimum atomic E-state index is -0.209. The second-order valence-corrected chi connectivity index (χ2v) is 12.2. The highest BCUT2D eigenvalue weighted by atomic mass is 16.5. The van der Waals surface area contributed by atoms with Gasteiger partial charge in [0.15, 0.2) is 0 Å². The summed E-state index contributed by atoms with van der Waals surface area (Å²) in [6.45, 7) is 6.65. The smallest absolute Gasteiger partial charge is 0.330 e. The number of hydrogen-bond acceptors (Lipinski definition) is 8. The van der Waals surface area contributed by atoms with Crippen molar-refractivity contribution in [3.63, 3.8) is 0 Å². The fourth-order valence-electron chi connectivity index (χ4n) is 6.00. The maximum Gasteiger partial charge on any atom is 0.330 e. The second-order valence-electron chi connectivity index (χ2n) is 12.2. The molecule has 10 heteroatoms. The summed E-state index contributed by atoms with van der Waals surface area (Å²) >= 11 is 0. The van der Waals surface area contributed by atoms with Crippen LogP contribution >= 0.6 is 0 Å². The molecule has 1 aromatic heterocycles. The minimum absolute atomic E-state index is 0.195. The van der Waals surface area contributed by atoms with Gasteiger partial charge in [-0.2, -0.15) is 0 Å². The van der Waals surface area contributed by atoms with E-state index in [2.05, 4.69) is 41.1 Å². The van der Waals surface area contributed by atoms with E-state index in [1.807, 2.05) is 49.5 Å². The summed E-state index contributed by atoms with van der Waals surface area (Å²) in [4.78, 5) is 44.2. The van der Waals surface area contributed by atoms with Gasteiger partial charge in [-0.05, 0) is 35.9 Å². The van der Waals surface area contributed by atoms with E-state index < -0.39 is 0 Å². The number of carbonyl (C=O) groups is 2. The number of benzene rings is 3. The Labute approximate surface area is 276 Å². The first-order valence-corrected chi connectivity index (χ1v) is 16.1. The summed E-state index contributed by atoms with van der Waals surface area (Å²) in [6.07, 6.45) is 3.30. The number of Topliss-reactive ketones (excluding diaryl/α,β-unsaturated/α-hetero) is 1. The molecule has 3 aromatic carbocycles. The van der Waals surface area contributed by atoms with Gasteiger partial charge in [0.2, 0.25) is 0 Å².